The molecule has 0 atom stereocenters. The maximum Gasteiger partial charge on any atom is 0.192 e. The van der Waals surface area contributed by atoms with Crippen molar-refractivity contribution in [2.75, 3.05) is 0 Å². The van der Waals surface area contributed by atoms with Crippen molar-refractivity contribution in [3.05, 3.63) is 10.4 Å². The second-order valence-electron chi connectivity index (χ2n) is 1.76. The molecule has 1 heterocycles. The van der Waals surface area contributed by atoms with E-state index < -0.39 is 0 Å². The highest BCUT2D eigenvalue weighted by atomic mass is 32.1. The summed E-state index contributed by atoms with van der Waals surface area (Å²) >= 11 is 1.52. The third-order valence-electron chi connectivity index (χ3n) is 0.851. The molecule has 0 aliphatic rings. The van der Waals surface area contributed by atoms with Crippen LogP contribution in [0, 0.1) is 6.92 Å². The van der Waals surface area contributed by atoms with Crippen molar-refractivity contribution in [1.82, 2.24) is 4.98 Å². The van der Waals surface area contributed by atoms with Gasteiger partial charge in [-0.25, -0.2) is 4.98 Å². The summed E-state index contributed by atoms with van der Waals surface area (Å²) in [4.78, 5) is 7.77. The number of aryl methyl sites for hydroxylation is 1. The number of thiazole rings is 1. The van der Waals surface area contributed by atoms with Crippen LogP contribution in [0.3, 0.4) is 0 Å². The Hall–Kier alpha value is -1.10. The molecule has 5 heteroatoms. The van der Waals surface area contributed by atoms with Crippen LogP contribution in [0.5, 0.6) is 0 Å². The number of nitrogens with two attached hydrogens (primary N) is 2. The topological polar surface area (TPSA) is 77.3 Å². The molecule has 0 radical (unpaired) electrons. The average Bonchev–Trinajstić information content (AvgIpc) is 2.13. The lowest BCUT2D eigenvalue weighted by Gasteiger charge is -1.85. The third-order valence-corrected chi connectivity index (χ3v) is 1.61. The molecule has 10 heavy (non-hydrogen) atoms. The summed E-state index contributed by atoms with van der Waals surface area (Å²) in [6.45, 7) is 1.90. The Balaban J connectivity index is 2.86. The van der Waals surface area contributed by atoms with E-state index in [9.17, 15) is 0 Å². The van der Waals surface area contributed by atoms with E-state index in [-0.39, 0.29) is 5.96 Å². The van der Waals surface area contributed by atoms with Crippen LogP contribution in [0.2, 0.25) is 0 Å². The Labute approximate surface area is 62.6 Å². The van der Waals surface area contributed by atoms with Crippen LogP contribution in [0.15, 0.2) is 10.4 Å². The fourth-order valence-corrected chi connectivity index (χ4v) is 1.06. The first-order valence-electron chi connectivity index (χ1n) is 2.70. The summed E-state index contributed by atoms with van der Waals surface area (Å²) in [6.07, 6.45) is 0. The molecule has 0 saturated carbocycles. The van der Waals surface area contributed by atoms with Gasteiger partial charge >= 0.3 is 0 Å². The quantitative estimate of drug-likeness (QED) is 0.455. The number of aliphatic imine (C=N–C) groups is 1. The molecule has 0 fully saturated rings. The van der Waals surface area contributed by atoms with Crippen LogP contribution in [0.25, 0.3) is 0 Å². The van der Waals surface area contributed by atoms with Crippen molar-refractivity contribution in [2.24, 2.45) is 16.5 Å². The first kappa shape index (κ1) is 7.01. The number of nitrogens with zero attached hydrogens (tertiary/aromatic N) is 2. The van der Waals surface area contributed by atoms with Crippen molar-refractivity contribution in [3.8, 4) is 0 Å². The third kappa shape index (κ3) is 1.70. The van der Waals surface area contributed by atoms with E-state index in [2.05, 4.69) is 9.98 Å². The van der Waals surface area contributed by atoms with Gasteiger partial charge in [-0.1, -0.05) is 0 Å². The van der Waals surface area contributed by atoms with Crippen LogP contribution < -0.4 is 11.5 Å². The number of aromatic nitrogens is 1. The normalized spacial score (nSPS) is 9.30. The van der Waals surface area contributed by atoms with Crippen molar-refractivity contribution in [1.29, 1.82) is 0 Å². The van der Waals surface area contributed by atoms with Crippen molar-refractivity contribution in [3.63, 3.8) is 0 Å². The Kier molecular flexibility index (Phi) is 1.86. The van der Waals surface area contributed by atoms with Gasteiger partial charge in [-0.2, -0.15) is 4.99 Å². The molecule has 0 spiro atoms. The smallest absolute Gasteiger partial charge is 0.192 e. The minimum atomic E-state index is 0.0466. The summed E-state index contributed by atoms with van der Waals surface area (Å²) in [5, 5.41) is 2.76. The lowest BCUT2D eigenvalue weighted by Crippen LogP contribution is -2.21. The van der Waals surface area contributed by atoms with Gasteiger partial charge in [-0.15, -0.1) is 11.3 Å². The van der Waals surface area contributed by atoms with Gasteiger partial charge in [0, 0.05) is 5.38 Å². The number of rotatable bonds is 1. The standard InChI is InChI=1S/C5H8N4S/c1-3-8-4(2-10-3)9-5(6)7/h2H,1H3,(H4,6,7,9). The highest BCUT2D eigenvalue weighted by molar-refractivity contribution is 7.09. The molecule has 54 valence electrons. The van der Waals surface area contributed by atoms with Gasteiger partial charge in [-0.05, 0) is 6.92 Å². The second kappa shape index (κ2) is 2.66. The largest absolute Gasteiger partial charge is 0.370 e. The minimum Gasteiger partial charge on any atom is -0.370 e. The Morgan fingerprint density at radius 2 is 2.40 bits per heavy atom. The molecule has 0 aliphatic carbocycles. The fourth-order valence-electron chi connectivity index (χ4n) is 0.536. The highest BCUT2D eigenvalue weighted by Gasteiger charge is 1.93. The minimum absolute atomic E-state index is 0.0466. The second-order valence-corrected chi connectivity index (χ2v) is 2.82. The Morgan fingerprint density at radius 1 is 1.70 bits per heavy atom. The van der Waals surface area contributed by atoms with E-state index in [1.165, 1.54) is 11.3 Å². The number of hydrogen-bond donors (Lipinski definition) is 2. The van der Waals surface area contributed by atoms with E-state index >= 15 is 0 Å². The van der Waals surface area contributed by atoms with E-state index in [4.69, 9.17) is 11.5 Å². The van der Waals surface area contributed by atoms with Crippen molar-refractivity contribution < 1.29 is 0 Å². The highest BCUT2D eigenvalue weighted by Crippen LogP contribution is 2.14. The number of hydrogen-bond acceptors (Lipinski definition) is 3. The van der Waals surface area contributed by atoms with E-state index in [0.29, 0.717) is 5.82 Å². The van der Waals surface area contributed by atoms with Crippen LogP contribution in [0.4, 0.5) is 5.82 Å². The fraction of sp³-hybridized carbons (Fsp3) is 0.200. The maximum atomic E-state index is 5.13. The van der Waals surface area contributed by atoms with Gasteiger partial charge in [0.2, 0.25) is 0 Å². The molecule has 1 aromatic rings. The van der Waals surface area contributed by atoms with Crippen molar-refractivity contribution in [2.45, 2.75) is 6.92 Å². The van der Waals surface area contributed by atoms with Gasteiger partial charge in [0.15, 0.2) is 11.8 Å². The molecule has 0 aliphatic heterocycles. The molecule has 0 bridgehead atoms. The van der Waals surface area contributed by atoms with Crippen LogP contribution in [-0.4, -0.2) is 10.9 Å². The number of guanidine groups is 1. The molecule has 1 rings (SSSR count). The summed E-state index contributed by atoms with van der Waals surface area (Å²) < 4.78 is 0. The zero-order valence-corrected chi connectivity index (χ0v) is 6.35. The molecular formula is C5H8N4S. The molecule has 4 N–H and O–H groups in total. The van der Waals surface area contributed by atoms with Gasteiger partial charge in [0.05, 0.1) is 5.01 Å². The summed E-state index contributed by atoms with van der Waals surface area (Å²) in [6, 6.07) is 0. The monoisotopic (exact) mass is 156 g/mol. The summed E-state index contributed by atoms with van der Waals surface area (Å²) in [7, 11) is 0. The Bertz CT molecular complexity index is 248. The van der Waals surface area contributed by atoms with Crippen LogP contribution in [-0.2, 0) is 0 Å². The average molecular weight is 156 g/mol. The first-order valence-corrected chi connectivity index (χ1v) is 3.58. The first-order chi connectivity index (χ1) is 4.68. The Morgan fingerprint density at radius 3 is 2.80 bits per heavy atom. The van der Waals surface area contributed by atoms with Gasteiger partial charge < -0.3 is 11.5 Å². The van der Waals surface area contributed by atoms with E-state index in [1.54, 1.807) is 5.38 Å². The predicted octanol–water partition coefficient (Wildman–Crippen LogP) is 0.356. The maximum absolute atomic E-state index is 5.13. The van der Waals surface area contributed by atoms with Gasteiger partial charge in [0.25, 0.3) is 0 Å². The zero-order valence-electron chi connectivity index (χ0n) is 5.53. The lowest BCUT2D eigenvalue weighted by atomic mass is 10.7. The molecule has 0 saturated heterocycles. The zero-order chi connectivity index (χ0) is 7.56. The molecule has 0 amide bonds. The van der Waals surface area contributed by atoms with Gasteiger partial charge in [-0.3, -0.25) is 0 Å². The van der Waals surface area contributed by atoms with Crippen LogP contribution >= 0.6 is 11.3 Å². The molecule has 0 aromatic carbocycles. The summed E-state index contributed by atoms with van der Waals surface area (Å²) in [5.41, 5.74) is 10.3. The molecule has 1 aromatic heterocycles. The van der Waals surface area contributed by atoms with Crippen LogP contribution in [0.1, 0.15) is 5.01 Å². The lowest BCUT2D eigenvalue weighted by molar-refractivity contribution is 1.25. The van der Waals surface area contributed by atoms with E-state index in [1.807, 2.05) is 6.92 Å². The molecule has 0 unspecified atom stereocenters. The van der Waals surface area contributed by atoms with Gasteiger partial charge in [0.1, 0.15) is 0 Å². The van der Waals surface area contributed by atoms with Crippen molar-refractivity contribution >= 4 is 23.1 Å². The summed E-state index contributed by atoms with van der Waals surface area (Å²) in [5.74, 6) is 0.632. The van der Waals surface area contributed by atoms with E-state index in [0.717, 1.165) is 5.01 Å². The predicted molar refractivity (Wildman–Crippen MR) is 42.3 cm³/mol. The molecular weight excluding hydrogens is 148 g/mol. The SMILES string of the molecule is Cc1nc(N=C(N)N)cs1. The molecule has 4 nitrogen and oxygen atoms in total.